The van der Waals surface area contributed by atoms with Gasteiger partial charge in [-0.2, -0.15) is 0 Å². The van der Waals surface area contributed by atoms with E-state index in [1.165, 1.54) is 0 Å². The highest BCUT2D eigenvalue weighted by Crippen LogP contribution is 2.23. The lowest BCUT2D eigenvalue weighted by Gasteiger charge is -1.99. The Morgan fingerprint density at radius 1 is 1.54 bits per heavy atom. The van der Waals surface area contributed by atoms with Gasteiger partial charge in [0, 0.05) is 30.4 Å². The van der Waals surface area contributed by atoms with Crippen LogP contribution in [0.15, 0.2) is 24.5 Å². The van der Waals surface area contributed by atoms with Crippen LogP contribution in [0.3, 0.4) is 0 Å². The minimum Gasteiger partial charge on any atom is -0.389 e. The molecule has 0 bridgehead atoms. The molecule has 0 aliphatic heterocycles. The smallest absolute Gasteiger partial charge is 0.139 e. The third-order valence-corrected chi connectivity index (χ3v) is 2.21. The fourth-order valence-electron chi connectivity index (χ4n) is 1.58. The van der Waals surface area contributed by atoms with E-state index >= 15 is 0 Å². The fraction of sp³-hybridized carbons (Fsp3) is 0.300. The van der Waals surface area contributed by atoms with Crippen LogP contribution in [-0.2, 0) is 7.05 Å². The van der Waals surface area contributed by atoms with Crippen LogP contribution in [0, 0.1) is 0 Å². The first-order valence-corrected chi connectivity index (χ1v) is 4.28. The Morgan fingerprint density at radius 3 is 3.00 bits per heavy atom. The molecule has 13 heavy (non-hydrogen) atoms. The SMILES string of the molecule is C[C@H](O)c1cn(C)c2ncccc12. The molecule has 3 nitrogen and oxygen atoms in total. The second kappa shape index (κ2) is 2.85. The van der Waals surface area contributed by atoms with Crippen LogP contribution >= 0.6 is 0 Å². The van der Waals surface area contributed by atoms with Crippen molar-refractivity contribution in [2.24, 2.45) is 7.05 Å². The molecule has 0 saturated carbocycles. The number of hydrogen-bond acceptors (Lipinski definition) is 2. The molecule has 68 valence electrons. The summed E-state index contributed by atoms with van der Waals surface area (Å²) in [6.07, 6.45) is 3.24. The van der Waals surface area contributed by atoms with Crippen LogP contribution in [0.25, 0.3) is 11.0 Å². The van der Waals surface area contributed by atoms with Crippen LogP contribution in [-0.4, -0.2) is 14.7 Å². The van der Waals surface area contributed by atoms with Crippen molar-refractivity contribution in [3.05, 3.63) is 30.1 Å². The fourth-order valence-corrected chi connectivity index (χ4v) is 1.58. The maximum Gasteiger partial charge on any atom is 0.139 e. The highest BCUT2D eigenvalue weighted by molar-refractivity contribution is 5.80. The Labute approximate surface area is 76.6 Å². The Balaban J connectivity index is 2.78. The molecule has 0 aromatic carbocycles. The minimum atomic E-state index is -0.437. The number of aliphatic hydroxyl groups is 1. The van der Waals surface area contributed by atoms with Crippen LogP contribution in [0.2, 0.25) is 0 Å². The molecule has 3 heteroatoms. The van der Waals surface area contributed by atoms with Gasteiger partial charge in [0.15, 0.2) is 0 Å². The zero-order chi connectivity index (χ0) is 9.42. The first-order chi connectivity index (χ1) is 6.20. The van der Waals surface area contributed by atoms with Crippen molar-refractivity contribution in [2.45, 2.75) is 13.0 Å². The molecule has 0 spiro atoms. The Bertz CT molecular complexity index is 431. The monoisotopic (exact) mass is 176 g/mol. The number of fused-ring (bicyclic) bond motifs is 1. The van der Waals surface area contributed by atoms with E-state index < -0.39 is 6.10 Å². The quantitative estimate of drug-likeness (QED) is 0.717. The topological polar surface area (TPSA) is 38.0 Å². The second-order valence-corrected chi connectivity index (χ2v) is 3.25. The van der Waals surface area contributed by atoms with Gasteiger partial charge in [0.1, 0.15) is 5.65 Å². The average Bonchev–Trinajstić information content (AvgIpc) is 2.45. The van der Waals surface area contributed by atoms with Gasteiger partial charge in [0.05, 0.1) is 6.10 Å². The van der Waals surface area contributed by atoms with Gasteiger partial charge in [0.25, 0.3) is 0 Å². The van der Waals surface area contributed by atoms with Crippen LogP contribution in [0.5, 0.6) is 0 Å². The molecule has 0 aliphatic carbocycles. The molecule has 0 unspecified atom stereocenters. The van der Waals surface area contributed by atoms with E-state index in [9.17, 15) is 5.11 Å². The lowest BCUT2D eigenvalue weighted by atomic mass is 10.1. The highest BCUT2D eigenvalue weighted by Gasteiger charge is 2.10. The molecular weight excluding hydrogens is 164 g/mol. The predicted octanol–water partition coefficient (Wildman–Crippen LogP) is 1.63. The molecule has 2 aromatic heterocycles. The van der Waals surface area contributed by atoms with E-state index in [2.05, 4.69) is 4.98 Å². The molecule has 0 aliphatic rings. The maximum atomic E-state index is 9.49. The summed E-state index contributed by atoms with van der Waals surface area (Å²) in [6, 6.07) is 3.86. The van der Waals surface area contributed by atoms with Crippen molar-refractivity contribution in [2.75, 3.05) is 0 Å². The highest BCUT2D eigenvalue weighted by atomic mass is 16.3. The van der Waals surface area contributed by atoms with Gasteiger partial charge < -0.3 is 9.67 Å². The number of aliphatic hydroxyl groups excluding tert-OH is 1. The molecule has 0 saturated heterocycles. The average molecular weight is 176 g/mol. The van der Waals surface area contributed by atoms with Gasteiger partial charge in [-0.05, 0) is 19.1 Å². The first kappa shape index (κ1) is 8.26. The first-order valence-electron chi connectivity index (χ1n) is 4.28. The van der Waals surface area contributed by atoms with Gasteiger partial charge in [0.2, 0.25) is 0 Å². The lowest BCUT2D eigenvalue weighted by molar-refractivity contribution is 0.200. The van der Waals surface area contributed by atoms with E-state index in [1.807, 2.05) is 29.9 Å². The van der Waals surface area contributed by atoms with E-state index in [0.29, 0.717) is 0 Å². The molecule has 2 aromatic rings. The lowest BCUT2D eigenvalue weighted by Crippen LogP contribution is -1.88. The van der Waals surface area contributed by atoms with Crippen molar-refractivity contribution < 1.29 is 5.11 Å². The van der Waals surface area contributed by atoms with Crippen molar-refractivity contribution in [3.8, 4) is 0 Å². The van der Waals surface area contributed by atoms with Gasteiger partial charge in [-0.15, -0.1) is 0 Å². The van der Waals surface area contributed by atoms with Crippen molar-refractivity contribution >= 4 is 11.0 Å². The van der Waals surface area contributed by atoms with Crippen molar-refractivity contribution in [1.29, 1.82) is 0 Å². The molecule has 0 radical (unpaired) electrons. The zero-order valence-electron chi connectivity index (χ0n) is 7.73. The van der Waals surface area contributed by atoms with Crippen LogP contribution in [0.4, 0.5) is 0 Å². The number of rotatable bonds is 1. The van der Waals surface area contributed by atoms with Gasteiger partial charge in [-0.25, -0.2) is 4.98 Å². The Hall–Kier alpha value is -1.35. The molecule has 2 heterocycles. The third kappa shape index (κ3) is 1.21. The summed E-state index contributed by atoms with van der Waals surface area (Å²) in [5, 5.41) is 10.5. The number of nitrogens with zero attached hydrogens (tertiary/aromatic N) is 2. The van der Waals surface area contributed by atoms with Crippen LogP contribution < -0.4 is 0 Å². The molecule has 2 rings (SSSR count). The minimum absolute atomic E-state index is 0.437. The van der Waals surface area contributed by atoms with Gasteiger partial charge >= 0.3 is 0 Å². The second-order valence-electron chi connectivity index (χ2n) is 3.25. The predicted molar refractivity (Wildman–Crippen MR) is 51.3 cm³/mol. The number of aryl methyl sites for hydroxylation is 1. The molecule has 1 N–H and O–H groups in total. The summed E-state index contributed by atoms with van der Waals surface area (Å²) in [4.78, 5) is 4.24. The summed E-state index contributed by atoms with van der Waals surface area (Å²) < 4.78 is 1.93. The summed E-state index contributed by atoms with van der Waals surface area (Å²) in [7, 11) is 1.93. The zero-order valence-corrected chi connectivity index (χ0v) is 7.73. The van der Waals surface area contributed by atoms with Gasteiger partial charge in [-0.1, -0.05) is 0 Å². The third-order valence-electron chi connectivity index (χ3n) is 2.21. The standard InChI is InChI=1S/C10H12N2O/c1-7(13)9-6-12(2)10-8(9)4-3-5-11-10/h3-7,13H,1-2H3/t7-/m0/s1. The number of hydrogen-bond donors (Lipinski definition) is 1. The normalized spacial score (nSPS) is 13.5. The summed E-state index contributed by atoms with van der Waals surface area (Å²) >= 11 is 0. The summed E-state index contributed by atoms with van der Waals surface area (Å²) in [5.74, 6) is 0. The number of pyridine rings is 1. The van der Waals surface area contributed by atoms with E-state index in [0.717, 1.165) is 16.6 Å². The molecule has 0 fully saturated rings. The Morgan fingerprint density at radius 2 is 2.31 bits per heavy atom. The van der Waals surface area contributed by atoms with E-state index in [1.54, 1.807) is 13.1 Å². The molecule has 1 atom stereocenters. The van der Waals surface area contributed by atoms with Crippen molar-refractivity contribution in [3.63, 3.8) is 0 Å². The van der Waals surface area contributed by atoms with Crippen LogP contribution in [0.1, 0.15) is 18.6 Å². The van der Waals surface area contributed by atoms with Crippen molar-refractivity contribution in [1.82, 2.24) is 9.55 Å². The van der Waals surface area contributed by atoms with E-state index in [-0.39, 0.29) is 0 Å². The Kier molecular flexibility index (Phi) is 1.81. The largest absolute Gasteiger partial charge is 0.389 e. The van der Waals surface area contributed by atoms with Gasteiger partial charge in [-0.3, -0.25) is 0 Å². The molecular formula is C10H12N2O. The summed E-state index contributed by atoms with van der Waals surface area (Å²) in [6.45, 7) is 1.77. The van der Waals surface area contributed by atoms with E-state index in [4.69, 9.17) is 0 Å². The molecule has 0 amide bonds. The number of aromatic nitrogens is 2. The summed E-state index contributed by atoms with van der Waals surface area (Å²) in [5.41, 5.74) is 1.85. The maximum absolute atomic E-state index is 9.49.